The van der Waals surface area contributed by atoms with Crippen LogP contribution in [0.3, 0.4) is 0 Å². The van der Waals surface area contributed by atoms with Crippen molar-refractivity contribution < 1.29 is 18.7 Å². The van der Waals surface area contributed by atoms with Gasteiger partial charge in [0.15, 0.2) is 0 Å². The number of aliphatic imine (C=N–C) groups is 1. The van der Waals surface area contributed by atoms with Crippen molar-refractivity contribution in [2.45, 2.75) is 43.7 Å². The van der Waals surface area contributed by atoms with Crippen LogP contribution in [0, 0.1) is 5.41 Å². The number of methoxy groups -OCH3 is 1. The molecule has 1 spiro atoms. The van der Waals surface area contributed by atoms with Crippen LogP contribution in [0.2, 0.25) is 0 Å². The van der Waals surface area contributed by atoms with Crippen LogP contribution >= 0.6 is 0 Å². The second-order valence-corrected chi connectivity index (χ2v) is 11.4. The SMILES string of the molecule is COc1ccc(N=C2C(=O)N(c3ccc(C4(CN5CC[C@@H](F)C5)CC4)cc3)CC3(CC3)C2=C(N)C(N)=O)cc1. The van der Waals surface area contributed by atoms with E-state index in [2.05, 4.69) is 22.0 Å². The Morgan fingerprint density at radius 2 is 1.77 bits per heavy atom. The lowest BCUT2D eigenvalue weighted by Crippen LogP contribution is -2.50. The number of alkyl halides is 1. The van der Waals surface area contributed by atoms with Crippen molar-refractivity contribution in [2.24, 2.45) is 21.9 Å². The molecule has 39 heavy (non-hydrogen) atoms. The zero-order valence-corrected chi connectivity index (χ0v) is 22.2. The van der Waals surface area contributed by atoms with Crippen molar-refractivity contribution in [3.63, 3.8) is 0 Å². The van der Waals surface area contributed by atoms with Gasteiger partial charge >= 0.3 is 0 Å². The van der Waals surface area contributed by atoms with Crippen molar-refractivity contribution in [3.05, 3.63) is 65.4 Å². The molecule has 2 saturated carbocycles. The van der Waals surface area contributed by atoms with Gasteiger partial charge in [-0.1, -0.05) is 12.1 Å². The molecule has 0 unspecified atom stereocenters. The Bertz CT molecular complexity index is 1360. The van der Waals surface area contributed by atoms with E-state index in [0.717, 1.165) is 44.5 Å². The van der Waals surface area contributed by atoms with Crippen LogP contribution in [0.25, 0.3) is 0 Å². The molecule has 4 fully saturated rings. The number of hydrogen-bond donors (Lipinski definition) is 2. The van der Waals surface area contributed by atoms with Crippen LogP contribution in [-0.2, 0) is 15.0 Å². The molecule has 0 radical (unpaired) electrons. The summed E-state index contributed by atoms with van der Waals surface area (Å²) >= 11 is 0. The highest BCUT2D eigenvalue weighted by molar-refractivity contribution is 6.51. The molecule has 4 aliphatic rings. The van der Waals surface area contributed by atoms with Crippen LogP contribution in [0.5, 0.6) is 5.75 Å². The number of benzene rings is 2. The molecule has 6 rings (SSSR count). The van der Waals surface area contributed by atoms with E-state index in [9.17, 15) is 14.0 Å². The maximum atomic E-state index is 13.9. The molecule has 2 heterocycles. The Balaban J connectivity index is 1.32. The van der Waals surface area contributed by atoms with Gasteiger partial charge in [0.05, 0.1) is 12.8 Å². The Kier molecular flexibility index (Phi) is 6.21. The fourth-order valence-corrected chi connectivity index (χ4v) is 6.17. The fraction of sp³-hybridized carbons (Fsp3) is 0.433. The molecule has 2 aromatic rings. The third kappa shape index (κ3) is 4.69. The predicted molar refractivity (Wildman–Crippen MR) is 148 cm³/mol. The number of carbonyl (C=O) groups excluding carboxylic acids is 2. The zero-order chi connectivity index (χ0) is 27.4. The van der Waals surface area contributed by atoms with Gasteiger partial charge in [0, 0.05) is 48.3 Å². The van der Waals surface area contributed by atoms with E-state index in [1.54, 1.807) is 36.3 Å². The number of hydrogen-bond acceptors (Lipinski definition) is 6. The van der Waals surface area contributed by atoms with Gasteiger partial charge in [0.1, 0.15) is 23.3 Å². The number of nitrogens with zero attached hydrogens (tertiary/aromatic N) is 3. The summed E-state index contributed by atoms with van der Waals surface area (Å²) in [6, 6.07) is 15.2. The summed E-state index contributed by atoms with van der Waals surface area (Å²) in [7, 11) is 1.58. The van der Waals surface area contributed by atoms with Gasteiger partial charge < -0.3 is 21.1 Å². The molecular weight excluding hydrogens is 497 g/mol. The summed E-state index contributed by atoms with van der Waals surface area (Å²) in [6.07, 6.45) is 3.64. The smallest absolute Gasteiger partial charge is 0.277 e. The summed E-state index contributed by atoms with van der Waals surface area (Å²) in [5.41, 5.74) is 14.5. The maximum Gasteiger partial charge on any atom is 0.277 e. The molecule has 2 aliphatic carbocycles. The summed E-state index contributed by atoms with van der Waals surface area (Å²) in [6.45, 7) is 2.61. The Morgan fingerprint density at radius 1 is 1.08 bits per heavy atom. The normalized spacial score (nSPS) is 25.7. The van der Waals surface area contributed by atoms with Crippen LogP contribution in [0.15, 0.2) is 64.8 Å². The van der Waals surface area contributed by atoms with Crippen molar-refractivity contribution >= 4 is 28.9 Å². The summed E-state index contributed by atoms with van der Waals surface area (Å²) in [5.74, 6) is -0.400. The van der Waals surface area contributed by atoms with Gasteiger partial charge in [-0.05, 0) is 74.1 Å². The van der Waals surface area contributed by atoms with Crippen LogP contribution < -0.4 is 21.1 Å². The first-order valence-electron chi connectivity index (χ1n) is 13.6. The first-order valence-corrected chi connectivity index (χ1v) is 13.6. The molecule has 1 atom stereocenters. The second-order valence-electron chi connectivity index (χ2n) is 11.4. The minimum atomic E-state index is -0.754. The maximum absolute atomic E-state index is 13.9. The highest BCUT2D eigenvalue weighted by Crippen LogP contribution is 2.56. The first kappa shape index (κ1) is 25.6. The third-order valence-corrected chi connectivity index (χ3v) is 8.76. The van der Waals surface area contributed by atoms with E-state index in [0.29, 0.717) is 36.5 Å². The molecule has 0 aromatic heterocycles. The molecular formula is C30H34FN5O3. The zero-order valence-electron chi connectivity index (χ0n) is 22.2. The number of amides is 2. The molecule has 0 bridgehead atoms. The Morgan fingerprint density at radius 3 is 2.31 bits per heavy atom. The number of anilines is 1. The van der Waals surface area contributed by atoms with E-state index < -0.39 is 17.5 Å². The van der Waals surface area contributed by atoms with Crippen LogP contribution in [0.1, 0.15) is 37.7 Å². The lowest BCUT2D eigenvalue weighted by atomic mass is 9.84. The third-order valence-electron chi connectivity index (χ3n) is 8.76. The number of primary amides is 1. The highest BCUT2D eigenvalue weighted by Gasteiger charge is 2.56. The number of rotatable bonds is 7. The first-order chi connectivity index (χ1) is 18.7. The minimum absolute atomic E-state index is 0.0685. The van der Waals surface area contributed by atoms with E-state index >= 15 is 0 Å². The van der Waals surface area contributed by atoms with Crippen LogP contribution in [0.4, 0.5) is 15.8 Å². The fourth-order valence-electron chi connectivity index (χ4n) is 6.17. The quantitative estimate of drug-likeness (QED) is 0.532. The van der Waals surface area contributed by atoms with Crippen LogP contribution in [-0.4, -0.2) is 61.9 Å². The predicted octanol–water partition coefficient (Wildman–Crippen LogP) is 3.37. The Hall–Kier alpha value is -3.72. The number of carbonyl (C=O) groups is 2. The molecule has 8 nitrogen and oxygen atoms in total. The molecule has 2 amide bonds. The number of nitrogens with two attached hydrogens (primary N) is 2. The van der Waals surface area contributed by atoms with E-state index in [-0.39, 0.29) is 22.7 Å². The average molecular weight is 532 g/mol. The largest absolute Gasteiger partial charge is 0.497 e. The van der Waals surface area contributed by atoms with Gasteiger partial charge in [0.2, 0.25) is 0 Å². The second kappa shape index (κ2) is 9.48. The number of ether oxygens (including phenoxy) is 1. The van der Waals surface area contributed by atoms with Crippen molar-refractivity contribution in [1.82, 2.24) is 4.90 Å². The molecule has 9 heteroatoms. The number of halogens is 1. The van der Waals surface area contributed by atoms with Gasteiger partial charge in [-0.3, -0.25) is 14.5 Å². The lowest BCUT2D eigenvalue weighted by molar-refractivity contribution is -0.114. The van der Waals surface area contributed by atoms with E-state index in [1.807, 2.05) is 12.1 Å². The topological polar surface area (TPSA) is 114 Å². The van der Waals surface area contributed by atoms with E-state index in [4.69, 9.17) is 16.2 Å². The van der Waals surface area contributed by atoms with E-state index in [1.165, 1.54) is 5.56 Å². The van der Waals surface area contributed by atoms with Gasteiger partial charge in [-0.25, -0.2) is 9.38 Å². The minimum Gasteiger partial charge on any atom is -0.497 e. The molecule has 204 valence electrons. The highest BCUT2D eigenvalue weighted by atomic mass is 19.1. The Labute approximate surface area is 227 Å². The van der Waals surface area contributed by atoms with Gasteiger partial charge in [-0.15, -0.1) is 0 Å². The molecule has 2 aliphatic heterocycles. The van der Waals surface area contributed by atoms with Crippen molar-refractivity contribution in [3.8, 4) is 5.75 Å². The summed E-state index contributed by atoms with van der Waals surface area (Å²) < 4.78 is 19.0. The molecule has 4 N–H and O–H groups in total. The van der Waals surface area contributed by atoms with Crippen molar-refractivity contribution in [2.75, 3.05) is 38.2 Å². The number of likely N-dealkylation sites (tertiary alicyclic amines) is 1. The summed E-state index contributed by atoms with van der Waals surface area (Å²) in [4.78, 5) is 34.8. The van der Waals surface area contributed by atoms with Gasteiger partial charge in [0.25, 0.3) is 11.8 Å². The standard InChI is InChI=1S/C30H34FN5O3/c1-39-23-8-4-21(5-9-23)34-26-24(25(32)27(33)37)30(13-14-30)18-36(28(26)38)22-6-2-19(3-7-22)29(11-12-29)17-35-15-10-20(31)16-35/h2-9,20H,10-18,32H2,1H3,(H2,33,37)/t20-/m1/s1. The monoisotopic (exact) mass is 531 g/mol. The van der Waals surface area contributed by atoms with Gasteiger partial charge in [-0.2, -0.15) is 0 Å². The molecule has 2 saturated heterocycles. The summed E-state index contributed by atoms with van der Waals surface area (Å²) in [5, 5.41) is 0. The van der Waals surface area contributed by atoms with Crippen molar-refractivity contribution in [1.29, 1.82) is 0 Å². The average Bonchev–Trinajstić information content (AvgIpc) is 3.85. The lowest BCUT2D eigenvalue weighted by Gasteiger charge is -2.36. The number of piperidine rings is 1. The molecule has 2 aromatic carbocycles.